The highest BCUT2D eigenvalue weighted by atomic mass is 16.6. The van der Waals surface area contributed by atoms with Crippen molar-refractivity contribution in [3.63, 3.8) is 0 Å². The lowest BCUT2D eigenvalue weighted by Gasteiger charge is -2.37. The van der Waals surface area contributed by atoms with Crippen LogP contribution in [-0.2, 0) is 16.1 Å². The molecule has 0 aromatic heterocycles. The van der Waals surface area contributed by atoms with Gasteiger partial charge >= 0.3 is 13.2 Å². The zero-order chi connectivity index (χ0) is 23.1. The molecule has 2 heterocycles. The summed E-state index contributed by atoms with van der Waals surface area (Å²) in [6, 6.07) is 7.21. The second-order valence-corrected chi connectivity index (χ2v) is 9.78. The van der Waals surface area contributed by atoms with Crippen molar-refractivity contribution >= 4 is 18.7 Å². The average molecular weight is 447 g/mol. The van der Waals surface area contributed by atoms with Crippen molar-refractivity contribution in [3.8, 4) is 0 Å². The van der Waals surface area contributed by atoms with Crippen LogP contribution in [0.25, 0.3) is 0 Å². The number of nitrogens with zero attached hydrogens (tertiary/aromatic N) is 3. The maximum absolute atomic E-state index is 12.2. The number of ether oxygens (including phenoxy) is 2. The Balaban J connectivity index is 1.28. The molecule has 0 spiro atoms. The number of rotatable bonds is 7. The summed E-state index contributed by atoms with van der Waals surface area (Å²) in [5, 5.41) is 18.3. The van der Waals surface area contributed by atoms with Crippen LogP contribution in [0.4, 0.5) is 4.79 Å². The topological polar surface area (TPSA) is 85.7 Å². The number of carbonyl (C=O) groups excluding carboxylic acids is 1. The third-order valence-corrected chi connectivity index (χ3v) is 6.05. The molecule has 9 heteroatoms. The number of benzene rings is 1. The number of piperidine rings is 1. The summed E-state index contributed by atoms with van der Waals surface area (Å²) < 4.78 is 11.5. The van der Waals surface area contributed by atoms with Gasteiger partial charge in [-0.05, 0) is 44.6 Å². The highest BCUT2D eigenvalue weighted by molar-refractivity contribution is 6.58. The smallest absolute Gasteiger partial charge is 0.444 e. The molecule has 2 N–H and O–H groups in total. The first-order valence-electron chi connectivity index (χ1n) is 11.7. The second kappa shape index (κ2) is 11.5. The van der Waals surface area contributed by atoms with Crippen LogP contribution in [0.5, 0.6) is 0 Å². The van der Waals surface area contributed by atoms with E-state index < -0.39 is 12.7 Å². The Kier molecular flexibility index (Phi) is 8.96. The summed E-state index contributed by atoms with van der Waals surface area (Å²) in [6.45, 7) is 13.6. The Morgan fingerprint density at radius 2 is 1.53 bits per heavy atom. The van der Waals surface area contributed by atoms with E-state index in [2.05, 4.69) is 9.80 Å². The molecule has 1 aromatic carbocycles. The maximum Gasteiger partial charge on any atom is 0.488 e. The van der Waals surface area contributed by atoms with Crippen molar-refractivity contribution in [1.29, 1.82) is 0 Å². The Morgan fingerprint density at radius 3 is 2.06 bits per heavy atom. The van der Waals surface area contributed by atoms with E-state index in [0.29, 0.717) is 12.1 Å². The number of hydrogen-bond acceptors (Lipinski definition) is 7. The lowest BCUT2D eigenvalue weighted by atomic mass is 9.80. The van der Waals surface area contributed by atoms with E-state index >= 15 is 0 Å². The molecule has 0 saturated carbocycles. The molecule has 178 valence electrons. The Morgan fingerprint density at radius 1 is 0.969 bits per heavy atom. The van der Waals surface area contributed by atoms with Crippen molar-refractivity contribution in [2.45, 2.75) is 51.9 Å². The first-order chi connectivity index (χ1) is 15.2. The van der Waals surface area contributed by atoms with E-state index in [1.54, 1.807) is 12.1 Å². The molecule has 0 aliphatic carbocycles. The SMILES string of the molecule is CC(C)(C)OC(=O)N1CCN(CCN2CCC(OCc3ccc(B(O)O)cc3)CC2)CC1. The summed E-state index contributed by atoms with van der Waals surface area (Å²) in [6.07, 6.45) is 2.12. The van der Waals surface area contributed by atoms with Crippen LogP contribution in [-0.4, -0.2) is 102 Å². The molecule has 2 fully saturated rings. The first kappa shape index (κ1) is 25.0. The number of hydrogen-bond donors (Lipinski definition) is 2. The Hall–Kier alpha value is -1.65. The van der Waals surface area contributed by atoms with Gasteiger partial charge in [0.05, 0.1) is 12.7 Å². The van der Waals surface area contributed by atoms with Crippen LogP contribution in [0.1, 0.15) is 39.2 Å². The molecular formula is C23H38BN3O5. The van der Waals surface area contributed by atoms with E-state index in [9.17, 15) is 4.79 Å². The Labute approximate surface area is 192 Å². The molecule has 2 aliphatic heterocycles. The fourth-order valence-electron chi connectivity index (χ4n) is 4.06. The molecule has 0 bridgehead atoms. The first-order valence-corrected chi connectivity index (χ1v) is 11.7. The molecule has 3 rings (SSSR count). The lowest BCUT2D eigenvalue weighted by molar-refractivity contribution is -0.00561. The predicted octanol–water partition coefficient (Wildman–Crippen LogP) is 0.900. The summed E-state index contributed by atoms with van der Waals surface area (Å²) in [7, 11) is -1.43. The highest BCUT2D eigenvalue weighted by Crippen LogP contribution is 2.16. The molecule has 0 unspecified atom stereocenters. The van der Waals surface area contributed by atoms with Crippen LogP contribution >= 0.6 is 0 Å². The minimum absolute atomic E-state index is 0.207. The summed E-state index contributed by atoms with van der Waals surface area (Å²) in [5.74, 6) is 0. The fraction of sp³-hybridized carbons (Fsp3) is 0.696. The van der Waals surface area contributed by atoms with Gasteiger partial charge in [-0.3, -0.25) is 4.90 Å². The number of amides is 1. The van der Waals surface area contributed by atoms with Gasteiger partial charge < -0.3 is 29.3 Å². The van der Waals surface area contributed by atoms with E-state index in [1.807, 2.05) is 37.8 Å². The molecule has 8 nitrogen and oxygen atoms in total. The Bertz CT molecular complexity index is 709. The van der Waals surface area contributed by atoms with Crippen molar-refractivity contribution in [1.82, 2.24) is 14.7 Å². The van der Waals surface area contributed by atoms with Gasteiger partial charge in [-0.1, -0.05) is 24.3 Å². The molecule has 1 amide bonds. The van der Waals surface area contributed by atoms with Gasteiger partial charge in [0.2, 0.25) is 0 Å². The molecule has 1 aromatic rings. The zero-order valence-electron chi connectivity index (χ0n) is 19.7. The molecular weight excluding hydrogens is 409 g/mol. The van der Waals surface area contributed by atoms with Crippen LogP contribution in [0.3, 0.4) is 0 Å². The van der Waals surface area contributed by atoms with E-state index in [0.717, 1.165) is 70.8 Å². The lowest BCUT2D eigenvalue weighted by Crippen LogP contribution is -2.51. The summed E-state index contributed by atoms with van der Waals surface area (Å²) in [4.78, 5) is 18.9. The minimum atomic E-state index is -1.43. The molecule has 2 aliphatic rings. The van der Waals surface area contributed by atoms with Crippen LogP contribution in [0, 0.1) is 0 Å². The van der Waals surface area contributed by atoms with E-state index in [1.165, 1.54) is 0 Å². The van der Waals surface area contributed by atoms with Gasteiger partial charge in [0.25, 0.3) is 0 Å². The summed E-state index contributed by atoms with van der Waals surface area (Å²) in [5.41, 5.74) is 1.09. The molecule has 32 heavy (non-hydrogen) atoms. The average Bonchev–Trinajstić information content (AvgIpc) is 2.76. The van der Waals surface area contributed by atoms with Crippen molar-refractivity contribution < 1.29 is 24.3 Å². The molecule has 2 saturated heterocycles. The van der Waals surface area contributed by atoms with Crippen molar-refractivity contribution in [2.24, 2.45) is 0 Å². The number of piperazine rings is 1. The quantitative estimate of drug-likeness (QED) is 0.601. The second-order valence-electron chi connectivity index (χ2n) is 9.78. The third-order valence-electron chi connectivity index (χ3n) is 6.05. The zero-order valence-corrected chi connectivity index (χ0v) is 19.7. The molecule has 0 atom stereocenters. The van der Waals surface area contributed by atoms with Crippen LogP contribution < -0.4 is 5.46 Å². The van der Waals surface area contributed by atoms with Gasteiger partial charge in [-0.15, -0.1) is 0 Å². The third kappa shape index (κ3) is 8.05. The maximum atomic E-state index is 12.2. The van der Waals surface area contributed by atoms with Gasteiger partial charge in [0, 0.05) is 52.4 Å². The number of carbonyl (C=O) groups is 1. The van der Waals surface area contributed by atoms with Gasteiger partial charge in [-0.2, -0.15) is 0 Å². The fourth-order valence-corrected chi connectivity index (χ4v) is 4.06. The van der Waals surface area contributed by atoms with Crippen molar-refractivity contribution in [2.75, 3.05) is 52.4 Å². The van der Waals surface area contributed by atoms with Gasteiger partial charge in [0.1, 0.15) is 5.60 Å². The minimum Gasteiger partial charge on any atom is -0.444 e. The summed E-state index contributed by atoms with van der Waals surface area (Å²) >= 11 is 0. The number of likely N-dealkylation sites (tertiary alicyclic amines) is 1. The van der Waals surface area contributed by atoms with Crippen molar-refractivity contribution in [3.05, 3.63) is 29.8 Å². The van der Waals surface area contributed by atoms with E-state index in [-0.39, 0.29) is 12.2 Å². The largest absolute Gasteiger partial charge is 0.488 e. The van der Waals surface area contributed by atoms with Crippen LogP contribution in [0.15, 0.2) is 24.3 Å². The normalized spacial score (nSPS) is 19.2. The standard InChI is InChI=1S/C23H38BN3O5/c1-23(2,3)32-22(28)27-16-14-26(15-17-27)13-12-25-10-8-21(9-11-25)31-18-19-4-6-20(7-5-19)24(29)30/h4-7,21,29-30H,8-18H2,1-3H3. The van der Waals surface area contributed by atoms with Gasteiger partial charge in [-0.25, -0.2) is 4.79 Å². The highest BCUT2D eigenvalue weighted by Gasteiger charge is 2.26. The monoisotopic (exact) mass is 447 g/mol. The van der Waals surface area contributed by atoms with Crippen LogP contribution in [0.2, 0.25) is 0 Å². The van der Waals surface area contributed by atoms with Gasteiger partial charge in [0.15, 0.2) is 0 Å². The molecule has 0 radical (unpaired) electrons. The predicted molar refractivity (Wildman–Crippen MR) is 125 cm³/mol. The van der Waals surface area contributed by atoms with E-state index in [4.69, 9.17) is 19.5 Å².